The van der Waals surface area contributed by atoms with E-state index in [2.05, 4.69) is 4.57 Å². The van der Waals surface area contributed by atoms with E-state index in [1.807, 2.05) is 30.5 Å². The Hall–Kier alpha value is -2.49. The first kappa shape index (κ1) is 12.5. The molecule has 3 nitrogen and oxygen atoms in total. The van der Waals surface area contributed by atoms with Gasteiger partial charge in [0.15, 0.2) is 0 Å². The first-order valence-electron chi connectivity index (χ1n) is 6.34. The van der Waals surface area contributed by atoms with Crippen LogP contribution in [0, 0.1) is 5.82 Å². The van der Waals surface area contributed by atoms with E-state index in [0.717, 1.165) is 22.2 Å². The maximum Gasteiger partial charge on any atom is 0.125 e. The van der Waals surface area contributed by atoms with Crippen molar-refractivity contribution in [1.82, 2.24) is 4.57 Å². The molecule has 0 unspecified atom stereocenters. The maximum atomic E-state index is 13.1. The van der Waals surface area contributed by atoms with Crippen LogP contribution in [0.5, 0.6) is 5.75 Å². The molecule has 0 amide bonds. The second kappa shape index (κ2) is 4.89. The number of aromatic nitrogens is 1. The summed E-state index contributed by atoms with van der Waals surface area (Å²) in [5, 5.41) is 1.10. The first-order valence-corrected chi connectivity index (χ1v) is 6.34. The van der Waals surface area contributed by atoms with Gasteiger partial charge in [0.25, 0.3) is 0 Å². The zero-order valence-corrected chi connectivity index (χ0v) is 11.1. The molecule has 2 N–H and O–H groups in total. The SMILES string of the molecule is COc1ccc2c(ccn2Cc2ccc(F)cc2N)c1. The summed E-state index contributed by atoms with van der Waals surface area (Å²) in [6, 6.07) is 12.4. The number of rotatable bonds is 3. The molecule has 0 aliphatic carbocycles. The number of hydrogen-bond acceptors (Lipinski definition) is 2. The highest BCUT2D eigenvalue weighted by Crippen LogP contribution is 2.23. The molecule has 0 aliphatic heterocycles. The molecule has 3 aromatic rings. The second-order valence-corrected chi connectivity index (χ2v) is 4.71. The van der Waals surface area contributed by atoms with Gasteiger partial charge in [-0.15, -0.1) is 0 Å². The molecule has 3 rings (SSSR count). The number of benzene rings is 2. The van der Waals surface area contributed by atoms with Gasteiger partial charge in [-0.1, -0.05) is 6.07 Å². The fraction of sp³-hybridized carbons (Fsp3) is 0.125. The lowest BCUT2D eigenvalue weighted by molar-refractivity contribution is 0.415. The first-order chi connectivity index (χ1) is 9.67. The van der Waals surface area contributed by atoms with Crippen LogP contribution in [0.4, 0.5) is 10.1 Å². The van der Waals surface area contributed by atoms with Crippen molar-refractivity contribution < 1.29 is 9.13 Å². The van der Waals surface area contributed by atoms with Crippen LogP contribution in [0.15, 0.2) is 48.7 Å². The Morgan fingerprint density at radius 1 is 1.15 bits per heavy atom. The molecule has 0 atom stereocenters. The fourth-order valence-corrected chi connectivity index (χ4v) is 2.34. The normalized spacial score (nSPS) is 10.9. The van der Waals surface area contributed by atoms with Gasteiger partial charge in [-0.05, 0) is 42.0 Å². The maximum absolute atomic E-state index is 13.1. The zero-order chi connectivity index (χ0) is 14.1. The Labute approximate surface area is 116 Å². The Bertz CT molecular complexity index is 764. The van der Waals surface area contributed by atoms with Gasteiger partial charge in [0.1, 0.15) is 11.6 Å². The molecule has 0 radical (unpaired) electrons. The fourth-order valence-electron chi connectivity index (χ4n) is 2.34. The summed E-state index contributed by atoms with van der Waals surface area (Å²) < 4.78 is 20.4. The van der Waals surface area contributed by atoms with Gasteiger partial charge in [-0.25, -0.2) is 4.39 Å². The lowest BCUT2D eigenvalue weighted by Crippen LogP contribution is -2.02. The molecular weight excluding hydrogens is 255 g/mol. The van der Waals surface area contributed by atoms with E-state index in [4.69, 9.17) is 10.5 Å². The van der Waals surface area contributed by atoms with Gasteiger partial charge in [-0.3, -0.25) is 0 Å². The molecule has 1 aromatic heterocycles. The lowest BCUT2D eigenvalue weighted by atomic mass is 10.1. The van der Waals surface area contributed by atoms with Crippen molar-refractivity contribution in [3.63, 3.8) is 0 Å². The molecule has 2 aromatic carbocycles. The number of fused-ring (bicyclic) bond motifs is 1. The van der Waals surface area contributed by atoms with Gasteiger partial charge in [0.05, 0.1) is 7.11 Å². The van der Waals surface area contributed by atoms with E-state index in [1.54, 1.807) is 13.2 Å². The van der Waals surface area contributed by atoms with Crippen molar-refractivity contribution in [2.24, 2.45) is 0 Å². The third kappa shape index (κ3) is 2.20. The lowest BCUT2D eigenvalue weighted by Gasteiger charge is -2.09. The second-order valence-electron chi connectivity index (χ2n) is 4.71. The van der Waals surface area contributed by atoms with Crippen LogP contribution < -0.4 is 10.5 Å². The monoisotopic (exact) mass is 270 g/mol. The van der Waals surface area contributed by atoms with Crippen LogP contribution in [-0.4, -0.2) is 11.7 Å². The Morgan fingerprint density at radius 3 is 2.75 bits per heavy atom. The van der Waals surface area contributed by atoms with E-state index >= 15 is 0 Å². The molecule has 0 saturated carbocycles. The number of halogens is 1. The molecule has 0 saturated heterocycles. The Morgan fingerprint density at radius 2 is 2.00 bits per heavy atom. The number of nitrogens with two attached hydrogens (primary N) is 1. The third-order valence-electron chi connectivity index (χ3n) is 3.43. The average molecular weight is 270 g/mol. The highest BCUT2D eigenvalue weighted by Gasteiger charge is 2.06. The predicted octanol–water partition coefficient (Wildman–Crippen LogP) is 3.42. The molecular formula is C16H15FN2O. The van der Waals surface area contributed by atoms with Gasteiger partial charge < -0.3 is 15.0 Å². The van der Waals surface area contributed by atoms with E-state index < -0.39 is 0 Å². The molecule has 0 spiro atoms. The van der Waals surface area contributed by atoms with Crippen LogP contribution in [0.1, 0.15) is 5.56 Å². The predicted molar refractivity (Wildman–Crippen MR) is 78.4 cm³/mol. The van der Waals surface area contributed by atoms with Gasteiger partial charge in [0, 0.05) is 29.3 Å². The highest BCUT2D eigenvalue weighted by atomic mass is 19.1. The van der Waals surface area contributed by atoms with E-state index in [0.29, 0.717) is 12.2 Å². The van der Waals surface area contributed by atoms with Gasteiger partial charge in [-0.2, -0.15) is 0 Å². The minimum atomic E-state index is -0.312. The van der Waals surface area contributed by atoms with Crippen LogP contribution >= 0.6 is 0 Å². The van der Waals surface area contributed by atoms with Crippen molar-refractivity contribution in [3.8, 4) is 5.75 Å². The molecule has 1 heterocycles. The highest BCUT2D eigenvalue weighted by molar-refractivity contribution is 5.81. The molecule has 4 heteroatoms. The van der Waals surface area contributed by atoms with Crippen molar-refractivity contribution in [1.29, 1.82) is 0 Å². The van der Waals surface area contributed by atoms with Crippen LogP contribution in [-0.2, 0) is 6.54 Å². The zero-order valence-electron chi connectivity index (χ0n) is 11.1. The number of anilines is 1. The summed E-state index contributed by atoms with van der Waals surface area (Å²) in [4.78, 5) is 0. The Balaban J connectivity index is 1.98. The molecule has 0 fully saturated rings. The van der Waals surface area contributed by atoms with E-state index in [-0.39, 0.29) is 5.82 Å². The van der Waals surface area contributed by atoms with Crippen molar-refractivity contribution in [3.05, 3.63) is 60.0 Å². The van der Waals surface area contributed by atoms with Crippen molar-refractivity contribution in [2.45, 2.75) is 6.54 Å². The average Bonchev–Trinajstić information content (AvgIpc) is 2.84. The van der Waals surface area contributed by atoms with Crippen molar-refractivity contribution in [2.75, 3.05) is 12.8 Å². The molecule has 0 aliphatic rings. The Kier molecular flexibility index (Phi) is 3.06. The largest absolute Gasteiger partial charge is 0.497 e. The topological polar surface area (TPSA) is 40.2 Å². The number of hydrogen-bond donors (Lipinski definition) is 1. The van der Waals surface area contributed by atoms with E-state index in [1.165, 1.54) is 12.1 Å². The minimum Gasteiger partial charge on any atom is -0.497 e. The summed E-state index contributed by atoms with van der Waals surface area (Å²) in [7, 11) is 1.65. The van der Waals surface area contributed by atoms with Crippen LogP contribution in [0.3, 0.4) is 0 Å². The smallest absolute Gasteiger partial charge is 0.125 e. The quantitative estimate of drug-likeness (QED) is 0.741. The summed E-state index contributed by atoms with van der Waals surface area (Å²) in [6.45, 7) is 0.613. The minimum absolute atomic E-state index is 0.312. The third-order valence-corrected chi connectivity index (χ3v) is 3.43. The summed E-state index contributed by atoms with van der Waals surface area (Å²) in [6.07, 6.45) is 1.99. The van der Waals surface area contributed by atoms with Gasteiger partial charge >= 0.3 is 0 Å². The standard InChI is InChI=1S/C16H15FN2O/c1-20-14-4-5-16-11(8-14)6-7-19(16)10-12-2-3-13(17)9-15(12)18/h2-9H,10,18H2,1H3. The number of ether oxygens (including phenoxy) is 1. The molecule has 102 valence electrons. The number of methoxy groups -OCH3 is 1. The summed E-state index contributed by atoms with van der Waals surface area (Å²) in [5.41, 5.74) is 8.32. The molecule has 20 heavy (non-hydrogen) atoms. The number of nitrogens with zero attached hydrogens (tertiary/aromatic N) is 1. The number of nitrogen functional groups attached to an aromatic ring is 1. The van der Waals surface area contributed by atoms with Crippen LogP contribution in [0.25, 0.3) is 10.9 Å². The van der Waals surface area contributed by atoms with Crippen molar-refractivity contribution >= 4 is 16.6 Å². The molecule has 0 bridgehead atoms. The van der Waals surface area contributed by atoms with E-state index in [9.17, 15) is 4.39 Å². The van der Waals surface area contributed by atoms with Crippen LogP contribution in [0.2, 0.25) is 0 Å². The summed E-state index contributed by atoms with van der Waals surface area (Å²) in [5.74, 6) is 0.518. The summed E-state index contributed by atoms with van der Waals surface area (Å²) >= 11 is 0. The van der Waals surface area contributed by atoms with Gasteiger partial charge in [0.2, 0.25) is 0 Å².